The highest BCUT2D eigenvalue weighted by molar-refractivity contribution is 6.07. The lowest BCUT2D eigenvalue weighted by Crippen LogP contribution is -2.67. The molecule has 2 aromatic heterocycles. The fourth-order valence-corrected chi connectivity index (χ4v) is 6.27. The molecule has 2 bridgehead atoms. The summed E-state index contributed by atoms with van der Waals surface area (Å²) in [5, 5.41) is 2.16. The van der Waals surface area contributed by atoms with Gasteiger partial charge in [-0.05, 0) is 61.8 Å². The normalized spacial score (nSPS) is 24.8. The molecule has 0 aliphatic heterocycles. The molecule has 162 valence electrons. The van der Waals surface area contributed by atoms with Gasteiger partial charge in [-0.2, -0.15) is 0 Å². The van der Waals surface area contributed by atoms with Crippen LogP contribution in [0.5, 0.6) is 0 Å². The number of carbonyl (C=O) groups is 2. The van der Waals surface area contributed by atoms with Gasteiger partial charge in [-0.1, -0.05) is 37.3 Å². The molecular weight excluding hydrogens is 398 g/mol. The van der Waals surface area contributed by atoms with Crippen molar-refractivity contribution in [2.45, 2.75) is 46.1 Å². The van der Waals surface area contributed by atoms with E-state index in [1.807, 2.05) is 42.6 Å². The number of furan rings is 1. The predicted molar refractivity (Wildman–Crippen MR) is 125 cm³/mol. The number of ketones is 2. The third-order valence-corrected chi connectivity index (χ3v) is 8.25. The molecule has 0 spiro atoms. The Balaban J connectivity index is 1.26. The highest BCUT2D eigenvalue weighted by Gasteiger charge is 2.71. The van der Waals surface area contributed by atoms with Gasteiger partial charge in [0.25, 0.3) is 0 Å². The van der Waals surface area contributed by atoms with Gasteiger partial charge in [-0.25, -0.2) is 0 Å². The summed E-state index contributed by atoms with van der Waals surface area (Å²) in [6.45, 7) is 4.49. The molecule has 0 radical (unpaired) electrons. The molecule has 7 rings (SSSR count). The lowest BCUT2D eigenvalue weighted by atomic mass is 9.31. The molecule has 0 saturated heterocycles. The number of para-hydroxylation sites is 2. The summed E-state index contributed by atoms with van der Waals surface area (Å²) < 4.78 is 8.14. The van der Waals surface area contributed by atoms with Crippen molar-refractivity contribution in [3.05, 3.63) is 72.1 Å². The van der Waals surface area contributed by atoms with Crippen LogP contribution in [0.4, 0.5) is 0 Å². The van der Waals surface area contributed by atoms with E-state index in [2.05, 4.69) is 29.7 Å². The van der Waals surface area contributed by atoms with E-state index in [-0.39, 0.29) is 16.6 Å². The molecule has 3 saturated carbocycles. The van der Waals surface area contributed by atoms with Crippen LogP contribution in [0.1, 0.15) is 55.6 Å². The fraction of sp³-hybridized carbons (Fsp3) is 0.357. The van der Waals surface area contributed by atoms with Gasteiger partial charge in [-0.3, -0.25) is 9.59 Å². The summed E-state index contributed by atoms with van der Waals surface area (Å²) in [4.78, 5) is 25.3. The first-order valence-electron chi connectivity index (χ1n) is 11.5. The Labute approximate surface area is 187 Å². The standard InChI is InChI=1S/C28H27NO3/c1-18(27-15-28(16-27,17-27)19(2)30)12-24(31)23-8-5-7-20-10-11-29(26(20)23)14-22-13-21-6-3-4-9-25(21)32-22/h3-11,13,18H,12,14-17H2,1-2H3/t18-,27?,28?/m1/s1. The maximum atomic E-state index is 13.4. The SMILES string of the molecule is CC(=O)C12CC([C@H](C)CC(=O)c3cccc4ccn(Cc5cc6ccccc6o5)c34)(C1)C2. The summed E-state index contributed by atoms with van der Waals surface area (Å²) in [7, 11) is 0. The molecule has 0 amide bonds. The predicted octanol–water partition coefficient (Wildman–Crippen LogP) is 6.40. The number of benzene rings is 2. The topological polar surface area (TPSA) is 52.2 Å². The molecule has 0 N–H and O–H groups in total. The molecule has 0 unspecified atom stereocenters. The second-order valence-electron chi connectivity index (χ2n) is 10.2. The molecule has 2 heterocycles. The molecular formula is C28H27NO3. The number of hydrogen-bond acceptors (Lipinski definition) is 3. The van der Waals surface area contributed by atoms with Crippen molar-refractivity contribution in [1.29, 1.82) is 0 Å². The van der Waals surface area contributed by atoms with Crippen LogP contribution in [-0.2, 0) is 11.3 Å². The number of Topliss-reactive ketones (excluding diaryl/α,β-unsaturated/α-hetero) is 2. The lowest BCUT2D eigenvalue weighted by molar-refractivity contribution is -0.223. The number of carbonyl (C=O) groups excluding carboxylic acids is 2. The smallest absolute Gasteiger partial charge is 0.165 e. The molecule has 3 aliphatic carbocycles. The van der Waals surface area contributed by atoms with Gasteiger partial charge >= 0.3 is 0 Å². The molecule has 4 heteroatoms. The number of nitrogens with zero attached hydrogens (tertiary/aromatic N) is 1. The monoisotopic (exact) mass is 425 g/mol. The summed E-state index contributed by atoms with van der Waals surface area (Å²) in [6.07, 6.45) is 5.47. The van der Waals surface area contributed by atoms with E-state index in [1.165, 1.54) is 0 Å². The minimum absolute atomic E-state index is 0.0569. The summed E-state index contributed by atoms with van der Waals surface area (Å²) >= 11 is 0. The zero-order valence-corrected chi connectivity index (χ0v) is 18.6. The van der Waals surface area contributed by atoms with Crippen molar-refractivity contribution >= 4 is 33.4 Å². The third kappa shape index (κ3) is 2.75. The Morgan fingerprint density at radius 3 is 2.53 bits per heavy atom. The summed E-state index contributed by atoms with van der Waals surface area (Å²) in [6, 6.07) is 18.1. The maximum absolute atomic E-state index is 13.4. The Hall–Kier alpha value is -3.14. The number of fused-ring (bicyclic) bond motifs is 2. The van der Waals surface area contributed by atoms with E-state index >= 15 is 0 Å². The zero-order chi connectivity index (χ0) is 22.1. The highest BCUT2D eigenvalue weighted by atomic mass is 16.3. The minimum atomic E-state index is -0.0569. The van der Waals surface area contributed by atoms with Crippen molar-refractivity contribution in [3.8, 4) is 0 Å². The highest BCUT2D eigenvalue weighted by Crippen LogP contribution is 2.76. The van der Waals surface area contributed by atoms with Gasteiger partial charge in [0.05, 0.1) is 12.1 Å². The van der Waals surface area contributed by atoms with Gasteiger partial charge in [-0.15, -0.1) is 0 Å². The van der Waals surface area contributed by atoms with Crippen LogP contribution in [0.3, 0.4) is 0 Å². The van der Waals surface area contributed by atoms with Gasteiger partial charge in [0.15, 0.2) is 5.78 Å². The Morgan fingerprint density at radius 2 is 1.78 bits per heavy atom. The Kier molecular flexibility index (Phi) is 4.08. The molecule has 4 aromatic rings. The van der Waals surface area contributed by atoms with Crippen molar-refractivity contribution < 1.29 is 14.0 Å². The largest absolute Gasteiger partial charge is 0.459 e. The molecule has 3 fully saturated rings. The molecule has 1 atom stereocenters. The van der Waals surface area contributed by atoms with Crippen LogP contribution in [0.25, 0.3) is 21.9 Å². The molecule has 4 nitrogen and oxygen atoms in total. The van der Waals surface area contributed by atoms with E-state index in [4.69, 9.17) is 4.42 Å². The third-order valence-electron chi connectivity index (χ3n) is 8.25. The van der Waals surface area contributed by atoms with E-state index in [0.29, 0.717) is 24.7 Å². The van der Waals surface area contributed by atoms with Gasteiger partial charge in [0, 0.05) is 34.4 Å². The van der Waals surface area contributed by atoms with Crippen LogP contribution < -0.4 is 0 Å². The average Bonchev–Trinajstić information content (AvgIpc) is 3.29. The second-order valence-corrected chi connectivity index (χ2v) is 10.2. The number of aromatic nitrogens is 1. The van der Waals surface area contributed by atoms with Gasteiger partial charge < -0.3 is 8.98 Å². The quantitative estimate of drug-likeness (QED) is 0.322. The van der Waals surface area contributed by atoms with Crippen LogP contribution in [-0.4, -0.2) is 16.1 Å². The molecule has 2 aromatic carbocycles. The summed E-state index contributed by atoms with van der Waals surface area (Å²) in [5.41, 5.74) is 2.78. The van der Waals surface area contributed by atoms with Crippen LogP contribution in [0.2, 0.25) is 0 Å². The van der Waals surface area contributed by atoms with Gasteiger partial charge in [0.1, 0.15) is 17.1 Å². The zero-order valence-electron chi connectivity index (χ0n) is 18.6. The van der Waals surface area contributed by atoms with Crippen molar-refractivity contribution in [2.75, 3.05) is 0 Å². The van der Waals surface area contributed by atoms with Crippen LogP contribution >= 0.6 is 0 Å². The molecule has 32 heavy (non-hydrogen) atoms. The number of hydrogen-bond donors (Lipinski definition) is 0. The first-order valence-corrected chi connectivity index (χ1v) is 11.5. The van der Waals surface area contributed by atoms with E-state index < -0.39 is 0 Å². The maximum Gasteiger partial charge on any atom is 0.165 e. The average molecular weight is 426 g/mol. The fourth-order valence-electron chi connectivity index (χ4n) is 6.27. The van der Waals surface area contributed by atoms with E-state index in [0.717, 1.165) is 52.5 Å². The molecule has 3 aliphatic rings. The van der Waals surface area contributed by atoms with Crippen LogP contribution in [0.15, 0.2) is 65.2 Å². The first kappa shape index (κ1) is 19.5. The Bertz CT molecular complexity index is 1340. The van der Waals surface area contributed by atoms with E-state index in [1.54, 1.807) is 6.92 Å². The van der Waals surface area contributed by atoms with Crippen molar-refractivity contribution in [1.82, 2.24) is 4.57 Å². The van der Waals surface area contributed by atoms with Crippen LogP contribution in [0, 0.1) is 16.7 Å². The lowest BCUT2D eigenvalue weighted by Gasteiger charge is -2.72. The Morgan fingerprint density at radius 1 is 1.03 bits per heavy atom. The first-order chi connectivity index (χ1) is 15.4. The number of rotatable bonds is 7. The van der Waals surface area contributed by atoms with Crippen molar-refractivity contribution in [3.63, 3.8) is 0 Å². The summed E-state index contributed by atoms with van der Waals surface area (Å²) in [5.74, 6) is 1.69. The van der Waals surface area contributed by atoms with E-state index in [9.17, 15) is 9.59 Å². The minimum Gasteiger partial charge on any atom is -0.459 e. The second kappa shape index (κ2) is 6.68. The van der Waals surface area contributed by atoms with Crippen molar-refractivity contribution in [2.24, 2.45) is 16.7 Å². The van der Waals surface area contributed by atoms with Gasteiger partial charge in [0.2, 0.25) is 0 Å².